The van der Waals surface area contributed by atoms with Crippen LogP contribution in [0, 0.1) is 5.92 Å². The second-order valence-corrected chi connectivity index (χ2v) is 6.13. The molecule has 0 amide bonds. The number of aromatic amines is 1. The number of aliphatic carboxylic acids is 1. The van der Waals surface area contributed by atoms with Gasteiger partial charge in [-0.05, 0) is 43.2 Å². The number of hydrogen-bond donors (Lipinski definition) is 4. The molecule has 6 heteroatoms. The number of H-pyrrole nitrogens is 1. The summed E-state index contributed by atoms with van der Waals surface area (Å²) in [5.74, 6) is -0.950. The highest BCUT2D eigenvalue weighted by molar-refractivity contribution is 5.87. The average molecular weight is 316 g/mol. The van der Waals surface area contributed by atoms with Crippen molar-refractivity contribution in [2.75, 3.05) is 0 Å². The van der Waals surface area contributed by atoms with E-state index in [1.54, 1.807) is 12.1 Å². The number of phenolic OH excluding ortho intramolecular Hbond substituents is 1. The van der Waals surface area contributed by atoms with Crippen LogP contribution in [0.1, 0.15) is 31.4 Å². The number of carboxylic acids is 1. The molecule has 1 aliphatic rings. The maximum atomic E-state index is 12.1. The first-order chi connectivity index (χ1) is 11.0. The summed E-state index contributed by atoms with van der Waals surface area (Å²) in [5, 5.41) is 23.2. The molecule has 1 heterocycles. The number of rotatable bonds is 4. The Morgan fingerprint density at radius 2 is 2.00 bits per heavy atom. The number of carbonyl (C=O) groups is 1. The van der Waals surface area contributed by atoms with Gasteiger partial charge in [-0.3, -0.25) is 9.59 Å². The summed E-state index contributed by atoms with van der Waals surface area (Å²) < 4.78 is 0. The Balaban J connectivity index is 1.67. The SMILES string of the molecule is O=C(O)C1CCC(NCc2cc3cccc(O)c3c(=O)[nH]2)CC1. The first-order valence-corrected chi connectivity index (χ1v) is 7.84. The molecular formula is C17H20N2O4. The summed E-state index contributed by atoms with van der Waals surface area (Å²) in [6.45, 7) is 0.517. The molecule has 0 spiro atoms. The van der Waals surface area contributed by atoms with Gasteiger partial charge in [0.25, 0.3) is 5.56 Å². The topological polar surface area (TPSA) is 102 Å². The van der Waals surface area contributed by atoms with Crippen LogP contribution in [0.4, 0.5) is 0 Å². The van der Waals surface area contributed by atoms with Crippen LogP contribution in [0.3, 0.4) is 0 Å². The van der Waals surface area contributed by atoms with Crippen LogP contribution < -0.4 is 10.9 Å². The van der Waals surface area contributed by atoms with Crippen molar-refractivity contribution in [3.8, 4) is 5.75 Å². The van der Waals surface area contributed by atoms with Gasteiger partial charge in [0.15, 0.2) is 0 Å². The molecule has 0 aliphatic heterocycles. The lowest BCUT2D eigenvalue weighted by atomic mass is 9.86. The number of benzene rings is 1. The average Bonchev–Trinajstić information content (AvgIpc) is 2.53. The van der Waals surface area contributed by atoms with Crippen LogP contribution in [-0.2, 0) is 11.3 Å². The third-order valence-electron chi connectivity index (χ3n) is 4.56. The number of pyridine rings is 1. The molecule has 0 bridgehead atoms. The van der Waals surface area contributed by atoms with Crippen molar-refractivity contribution in [2.45, 2.75) is 38.3 Å². The smallest absolute Gasteiger partial charge is 0.306 e. The Morgan fingerprint density at radius 3 is 2.70 bits per heavy atom. The molecule has 1 fully saturated rings. The highest BCUT2D eigenvalue weighted by Crippen LogP contribution is 2.25. The Hall–Kier alpha value is -2.34. The number of fused-ring (bicyclic) bond motifs is 1. The zero-order valence-corrected chi connectivity index (χ0v) is 12.7. The summed E-state index contributed by atoms with van der Waals surface area (Å²) in [6, 6.07) is 7.13. The van der Waals surface area contributed by atoms with Crippen LogP contribution in [0.2, 0.25) is 0 Å². The number of aromatic hydroxyl groups is 1. The maximum absolute atomic E-state index is 12.1. The van der Waals surface area contributed by atoms with E-state index in [1.165, 1.54) is 6.07 Å². The van der Waals surface area contributed by atoms with Gasteiger partial charge in [0.05, 0.1) is 11.3 Å². The minimum atomic E-state index is -0.706. The van der Waals surface area contributed by atoms with Crippen LogP contribution in [0.15, 0.2) is 29.1 Å². The third-order valence-corrected chi connectivity index (χ3v) is 4.56. The Labute approximate surface area is 133 Å². The summed E-state index contributed by atoms with van der Waals surface area (Å²) in [6.07, 6.45) is 3.04. The van der Waals surface area contributed by atoms with E-state index >= 15 is 0 Å². The fourth-order valence-corrected chi connectivity index (χ4v) is 3.25. The summed E-state index contributed by atoms with van der Waals surface area (Å²) in [4.78, 5) is 25.8. The van der Waals surface area contributed by atoms with Crippen molar-refractivity contribution in [2.24, 2.45) is 5.92 Å². The molecule has 4 N–H and O–H groups in total. The zero-order chi connectivity index (χ0) is 16.4. The Morgan fingerprint density at radius 1 is 1.26 bits per heavy atom. The van der Waals surface area contributed by atoms with Crippen LogP contribution in [0.25, 0.3) is 10.8 Å². The number of hydrogen-bond acceptors (Lipinski definition) is 4. The van der Waals surface area contributed by atoms with Crippen LogP contribution in [0.5, 0.6) is 5.75 Å². The monoisotopic (exact) mass is 316 g/mol. The quantitative estimate of drug-likeness (QED) is 0.690. The molecule has 0 saturated heterocycles. The molecular weight excluding hydrogens is 296 g/mol. The normalized spacial score (nSPS) is 21.4. The predicted octanol–water partition coefficient (Wildman–Crippen LogP) is 1.97. The molecule has 1 saturated carbocycles. The van der Waals surface area contributed by atoms with E-state index in [2.05, 4.69) is 10.3 Å². The van der Waals surface area contributed by atoms with Gasteiger partial charge in [0.2, 0.25) is 0 Å². The lowest BCUT2D eigenvalue weighted by Gasteiger charge is -2.26. The van der Waals surface area contributed by atoms with Gasteiger partial charge in [-0.25, -0.2) is 0 Å². The highest BCUT2D eigenvalue weighted by atomic mass is 16.4. The molecule has 23 heavy (non-hydrogen) atoms. The molecule has 1 aromatic carbocycles. The molecule has 1 aromatic heterocycles. The number of carboxylic acid groups (broad SMARTS) is 1. The molecule has 1 aliphatic carbocycles. The molecule has 2 aromatic rings. The van der Waals surface area contributed by atoms with Gasteiger partial charge in [-0.15, -0.1) is 0 Å². The fourth-order valence-electron chi connectivity index (χ4n) is 3.25. The Kier molecular flexibility index (Phi) is 4.34. The lowest BCUT2D eigenvalue weighted by Crippen LogP contribution is -2.35. The van der Waals surface area contributed by atoms with E-state index in [9.17, 15) is 14.7 Å². The minimum Gasteiger partial charge on any atom is -0.507 e. The van der Waals surface area contributed by atoms with Crippen LogP contribution >= 0.6 is 0 Å². The summed E-state index contributed by atoms with van der Waals surface area (Å²) in [7, 11) is 0. The number of nitrogens with one attached hydrogen (secondary N) is 2. The minimum absolute atomic E-state index is 0.0183. The van der Waals surface area contributed by atoms with Gasteiger partial charge < -0.3 is 20.5 Å². The van der Waals surface area contributed by atoms with Crippen molar-refractivity contribution in [1.29, 1.82) is 0 Å². The summed E-state index contributed by atoms with van der Waals surface area (Å²) in [5.41, 5.74) is 0.459. The molecule has 3 rings (SSSR count). The lowest BCUT2D eigenvalue weighted by molar-refractivity contribution is -0.142. The van der Waals surface area contributed by atoms with Gasteiger partial charge in [-0.2, -0.15) is 0 Å². The Bertz CT molecular complexity index is 776. The van der Waals surface area contributed by atoms with Crippen molar-refractivity contribution in [3.05, 3.63) is 40.3 Å². The highest BCUT2D eigenvalue weighted by Gasteiger charge is 2.25. The van der Waals surface area contributed by atoms with Crippen LogP contribution in [-0.4, -0.2) is 27.2 Å². The first kappa shape index (κ1) is 15.6. The van der Waals surface area contributed by atoms with Gasteiger partial charge in [0, 0.05) is 18.3 Å². The van der Waals surface area contributed by atoms with E-state index in [1.807, 2.05) is 6.07 Å². The van der Waals surface area contributed by atoms with Gasteiger partial charge >= 0.3 is 5.97 Å². The second-order valence-electron chi connectivity index (χ2n) is 6.13. The van der Waals surface area contributed by atoms with Gasteiger partial charge in [0.1, 0.15) is 5.75 Å². The number of aromatic nitrogens is 1. The van der Waals surface area contributed by atoms with Crippen molar-refractivity contribution in [3.63, 3.8) is 0 Å². The summed E-state index contributed by atoms with van der Waals surface area (Å²) >= 11 is 0. The van der Waals surface area contributed by atoms with E-state index in [0.29, 0.717) is 30.2 Å². The molecule has 0 atom stereocenters. The predicted molar refractivity (Wildman–Crippen MR) is 86.5 cm³/mol. The maximum Gasteiger partial charge on any atom is 0.306 e. The molecule has 122 valence electrons. The van der Waals surface area contributed by atoms with Crippen molar-refractivity contribution in [1.82, 2.24) is 10.3 Å². The van der Waals surface area contributed by atoms with Crippen molar-refractivity contribution < 1.29 is 15.0 Å². The second kappa shape index (κ2) is 6.42. The standard InChI is InChI=1S/C17H20N2O4/c20-14-3-1-2-11-8-13(19-16(21)15(11)14)9-18-12-6-4-10(5-7-12)17(22)23/h1-3,8,10,12,18,20H,4-7,9H2,(H,19,21)(H,22,23). The molecule has 0 unspecified atom stereocenters. The largest absolute Gasteiger partial charge is 0.507 e. The van der Waals surface area contributed by atoms with E-state index in [0.717, 1.165) is 18.5 Å². The molecule has 0 radical (unpaired) electrons. The van der Waals surface area contributed by atoms with E-state index in [4.69, 9.17) is 5.11 Å². The third kappa shape index (κ3) is 3.37. The molecule has 6 nitrogen and oxygen atoms in total. The first-order valence-electron chi connectivity index (χ1n) is 7.84. The number of phenols is 1. The van der Waals surface area contributed by atoms with Crippen molar-refractivity contribution >= 4 is 16.7 Å². The van der Waals surface area contributed by atoms with Gasteiger partial charge in [-0.1, -0.05) is 12.1 Å². The zero-order valence-electron chi connectivity index (χ0n) is 12.7. The van der Waals surface area contributed by atoms with E-state index in [-0.39, 0.29) is 23.3 Å². The fraction of sp³-hybridized carbons (Fsp3) is 0.412. The van der Waals surface area contributed by atoms with E-state index < -0.39 is 5.97 Å².